The number of aliphatic imine (C=N–C) groups is 2. The second-order valence-corrected chi connectivity index (χ2v) is 2.98. The number of guanidine groups is 2. The molecular formula is C8H18N6O2. The van der Waals surface area contributed by atoms with Crippen LogP contribution in [0.3, 0.4) is 0 Å². The average molecular weight is 230 g/mol. The van der Waals surface area contributed by atoms with Crippen LogP contribution < -0.4 is 22.5 Å². The predicted octanol–water partition coefficient (Wildman–Crippen LogP) is -2.27. The lowest BCUT2D eigenvalue weighted by Gasteiger charge is -2.07. The molecule has 16 heavy (non-hydrogen) atoms. The van der Waals surface area contributed by atoms with Crippen molar-refractivity contribution in [2.24, 2.45) is 27.2 Å². The number of carbonyl (C=O) groups is 1. The van der Waals surface area contributed by atoms with Crippen LogP contribution in [-0.2, 0) is 9.53 Å². The molecule has 0 spiro atoms. The van der Waals surface area contributed by atoms with Gasteiger partial charge < -0.3 is 27.3 Å². The third-order valence-electron chi connectivity index (χ3n) is 1.55. The summed E-state index contributed by atoms with van der Waals surface area (Å²) < 4.78 is 4.78. The molecule has 1 atom stereocenters. The van der Waals surface area contributed by atoms with Crippen LogP contribution in [0.25, 0.3) is 0 Å². The van der Waals surface area contributed by atoms with Crippen LogP contribution in [0.4, 0.5) is 0 Å². The highest BCUT2D eigenvalue weighted by Gasteiger charge is 2.10. The molecule has 8 nitrogen and oxygen atoms in total. The zero-order valence-corrected chi connectivity index (χ0v) is 9.43. The number of hydrogen-bond acceptors (Lipinski definition) is 3. The average Bonchev–Trinajstić information content (AvgIpc) is 2.16. The van der Waals surface area contributed by atoms with E-state index in [1.165, 1.54) is 0 Å². The molecule has 0 aliphatic carbocycles. The Balaban J connectivity index is 4.18. The first-order valence-corrected chi connectivity index (χ1v) is 4.67. The van der Waals surface area contributed by atoms with Crippen LogP contribution >= 0.6 is 0 Å². The fourth-order valence-electron chi connectivity index (χ4n) is 0.842. The molecule has 0 aromatic rings. The van der Waals surface area contributed by atoms with Gasteiger partial charge in [-0.1, -0.05) is 0 Å². The van der Waals surface area contributed by atoms with Gasteiger partial charge in [0.2, 0.25) is 11.9 Å². The van der Waals surface area contributed by atoms with Crippen LogP contribution in [0.15, 0.2) is 9.98 Å². The third kappa shape index (κ3) is 6.60. The fourth-order valence-corrected chi connectivity index (χ4v) is 0.842. The predicted molar refractivity (Wildman–Crippen MR) is 61.8 cm³/mol. The first-order valence-electron chi connectivity index (χ1n) is 4.67. The molecule has 0 aromatic heterocycles. The highest BCUT2D eigenvalue weighted by atomic mass is 16.5. The number of nitrogens with one attached hydrogen (secondary N) is 1. The molecule has 0 aliphatic rings. The summed E-state index contributed by atoms with van der Waals surface area (Å²) in [6.07, 6.45) is 0. The van der Waals surface area contributed by atoms with E-state index in [2.05, 4.69) is 15.3 Å². The van der Waals surface area contributed by atoms with Crippen molar-refractivity contribution in [1.29, 1.82) is 0 Å². The molecule has 92 valence electrons. The highest BCUT2D eigenvalue weighted by molar-refractivity contribution is 5.94. The molecule has 0 rings (SSSR count). The van der Waals surface area contributed by atoms with E-state index in [1.54, 1.807) is 14.0 Å². The summed E-state index contributed by atoms with van der Waals surface area (Å²) >= 11 is 0. The Morgan fingerprint density at radius 3 is 2.56 bits per heavy atom. The lowest BCUT2D eigenvalue weighted by atomic mass is 10.3. The maximum Gasteiger partial charge on any atom is 0.244 e. The van der Waals surface area contributed by atoms with Crippen LogP contribution in [0.2, 0.25) is 0 Å². The van der Waals surface area contributed by atoms with Crippen LogP contribution in [0, 0.1) is 0 Å². The Morgan fingerprint density at radius 1 is 1.44 bits per heavy atom. The third-order valence-corrected chi connectivity index (χ3v) is 1.55. The lowest BCUT2D eigenvalue weighted by molar-refractivity contribution is -0.122. The maximum absolute atomic E-state index is 11.4. The zero-order chi connectivity index (χ0) is 12.6. The van der Waals surface area contributed by atoms with Gasteiger partial charge in [-0.3, -0.25) is 4.79 Å². The molecule has 0 radical (unpaired) electrons. The Kier molecular flexibility index (Phi) is 6.61. The second kappa shape index (κ2) is 7.46. The molecule has 8 heteroatoms. The Labute approximate surface area is 93.9 Å². The van der Waals surface area contributed by atoms with Crippen LogP contribution in [-0.4, -0.2) is 44.1 Å². The van der Waals surface area contributed by atoms with Gasteiger partial charge in [0.25, 0.3) is 0 Å². The summed E-state index contributed by atoms with van der Waals surface area (Å²) in [5.41, 5.74) is 15.6. The molecule has 0 fully saturated rings. The van der Waals surface area contributed by atoms with Crippen molar-refractivity contribution in [1.82, 2.24) is 5.32 Å². The SMILES string of the molecule is COCCNC(=O)C(C)N=C(N)N=C(N)N. The van der Waals surface area contributed by atoms with Gasteiger partial charge in [-0.25, -0.2) is 4.99 Å². The largest absolute Gasteiger partial charge is 0.383 e. The first kappa shape index (κ1) is 14.2. The zero-order valence-electron chi connectivity index (χ0n) is 9.43. The van der Waals surface area contributed by atoms with Crippen molar-refractivity contribution in [2.75, 3.05) is 20.3 Å². The van der Waals surface area contributed by atoms with E-state index in [4.69, 9.17) is 21.9 Å². The molecular weight excluding hydrogens is 212 g/mol. The number of rotatable bonds is 5. The molecule has 0 aromatic carbocycles. The smallest absolute Gasteiger partial charge is 0.244 e. The summed E-state index contributed by atoms with van der Waals surface area (Å²) in [4.78, 5) is 18.7. The Morgan fingerprint density at radius 2 is 2.06 bits per heavy atom. The number of methoxy groups -OCH3 is 1. The molecule has 1 amide bonds. The van der Waals surface area contributed by atoms with Crippen LogP contribution in [0.1, 0.15) is 6.92 Å². The van der Waals surface area contributed by atoms with E-state index >= 15 is 0 Å². The number of ether oxygens (including phenoxy) is 1. The molecule has 0 aliphatic heterocycles. The first-order chi connectivity index (χ1) is 7.47. The van der Waals surface area contributed by atoms with Crippen molar-refractivity contribution in [3.8, 4) is 0 Å². The van der Waals surface area contributed by atoms with E-state index < -0.39 is 6.04 Å². The number of nitrogens with two attached hydrogens (primary N) is 3. The maximum atomic E-state index is 11.4. The second-order valence-electron chi connectivity index (χ2n) is 2.98. The lowest BCUT2D eigenvalue weighted by Crippen LogP contribution is -2.35. The monoisotopic (exact) mass is 230 g/mol. The van der Waals surface area contributed by atoms with Gasteiger partial charge in [-0.05, 0) is 6.92 Å². The highest BCUT2D eigenvalue weighted by Crippen LogP contribution is 1.90. The van der Waals surface area contributed by atoms with E-state index in [1.807, 2.05) is 0 Å². The van der Waals surface area contributed by atoms with Crippen molar-refractivity contribution in [3.63, 3.8) is 0 Å². The van der Waals surface area contributed by atoms with Crippen LogP contribution in [0.5, 0.6) is 0 Å². The summed E-state index contributed by atoms with van der Waals surface area (Å²) in [6, 6.07) is -0.653. The molecule has 0 heterocycles. The topological polar surface area (TPSA) is 141 Å². The Bertz CT molecular complexity index is 284. The minimum atomic E-state index is -0.653. The minimum Gasteiger partial charge on any atom is -0.383 e. The van der Waals surface area contributed by atoms with Gasteiger partial charge in [0.05, 0.1) is 6.61 Å². The number of amides is 1. The van der Waals surface area contributed by atoms with Gasteiger partial charge in [-0.2, -0.15) is 4.99 Å². The molecule has 1 unspecified atom stereocenters. The van der Waals surface area contributed by atoms with Gasteiger partial charge in [0.1, 0.15) is 6.04 Å². The Hall–Kier alpha value is -1.83. The summed E-state index contributed by atoms with van der Waals surface area (Å²) in [6.45, 7) is 2.43. The minimum absolute atomic E-state index is 0.130. The number of hydrogen-bond donors (Lipinski definition) is 4. The summed E-state index contributed by atoms with van der Waals surface area (Å²) in [5, 5.41) is 2.60. The van der Waals surface area contributed by atoms with Gasteiger partial charge in [0, 0.05) is 13.7 Å². The molecule has 7 N–H and O–H groups in total. The van der Waals surface area contributed by atoms with Gasteiger partial charge in [-0.15, -0.1) is 0 Å². The standard InChI is InChI=1S/C8H18N6O2/c1-5(6(15)12-3-4-16-2)13-8(11)14-7(9)10/h5H,3-4H2,1-2H3,(H,12,15)(H6,9,10,11,13,14). The van der Waals surface area contributed by atoms with E-state index in [0.717, 1.165) is 0 Å². The van der Waals surface area contributed by atoms with E-state index in [0.29, 0.717) is 13.2 Å². The summed E-state index contributed by atoms with van der Waals surface area (Å²) in [5.74, 6) is -0.603. The molecule has 0 bridgehead atoms. The van der Waals surface area contributed by atoms with E-state index in [9.17, 15) is 4.79 Å². The number of nitrogens with zero attached hydrogens (tertiary/aromatic N) is 2. The number of carbonyl (C=O) groups excluding carboxylic acids is 1. The van der Waals surface area contributed by atoms with Crippen molar-refractivity contribution in [2.45, 2.75) is 13.0 Å². The van der Waals surface area contributed by atoms with E-state index in [-0.39, 0.29) is 17.8 Å². The molecule has 0 saturated carbocycles. The van der Waals surface area contributed by atoms with Gasteiger partial charge in [0.15, 0.2) is 5.96 Å². The van der Waals surface area contributed by atoms with Crippen molar-refractivity contribution in [3.05, 3.63) is 0 Å². The van der Waals surface area contributed by atoms with Crippen molar-refractivity contribution >= 4 is 17.8 Å². The summed E-state index contributed by atoms with van der Waals surface area (Å²) in [7, 11) is 1.55. The normalized spacial score (nSPS) is 13.0. The van der Waals surface area contributed by atoms with Gasteiger partial charge >= 0.3 is 0 Å². The molecule has 0 saturated heterocycles. The quantitative estimate of drug-likeness (QED) is 0.239. The fraction of sp³-hybridized carbons (Fsp3) is 0.625. The van der Waals surface area contributed by atoms with Crippen molar-refractivity contribution < 1.29 is 9.53 Å².